The quantitative estimate of drug-likeness (QED) is 0.818. The van der Waals surface area contributed by atoms with E-state index in [9.17, 15) is 14.7 Å². The zero-order valence-electron chi connectivity index (χ0n) is 13.2. The van der Waals surface area contributed by atoms with Gasteiger partial charge < -0.3 is 15.0 Å². The van der Waals surface area contributed by atoms with Gasteiger partial charge in [0.15, 0.2) is 0 Å². The highest BCUT2D eigenvalue weighted by molar-refractivity contribution is 9.10. The molecule has 6 heteroatoms. The Hall–Kier alpha value is -1.82. The van der Waals surface area contributed by atoms with Gasteiger partial charge in [0.25, 0.3) is 5.91 Å². The van der Waals surface area contributed by atoms with Crippen LogP contribution in [0.5, 0.6) is 0 Å². The number of benzene rings is 1. The second-order valence-electron chi connectivity index (χ2n) is 6.78. The van der Waals surface area contributed by atoms with E-state index in [4.69, 9.17) is 0 Å². The second-order valence-corrected chi connectivity index (χ2v) is 7.63. The SMILES string of the molecule is O=C(O)C1CC2CCCCC2N1C(=O)c1c[nH]c2cccc(Br)c12. The van der Waals surface area contributed by atoms with Gasteiger partial charge in [-0.1, -0.05) is 34.8 Å². The fraction of sp³-hybridized carbons (Fsp3) is 0.444. The zero-order chi connectivity index (χ0) is 16.8. The molecule has 24 heavy (non-hydrogen) atoms. The van der Waals surface area contributed by atoms with Crippen molar-refractivity contribution in [1.29, 1.82) is 0 Å². The van der Waals surface area contributed by atoms with Crippen molar-refractivity contribution in [3.05, 3.63) is 34.4 Å². The van der Waals surface area contributed by atoms with Crippen molar-refractivity contribution in [3.63, 3.8) is 0 Å². The van der Waals surface area contributed by atoms with E-state index in [-0.39, 0.29) is 11.9 Å². The van der Waals surface area contributed by atoms with Crippen LogP contribution in [0.4, 0.5) is 0 Å². The number of rotatable bonds is 2. The maximum absolute atomic E-state index is 13.3. The molecular weight excluding hydrogens is 372 g/mol. The molecule has 1 aliphatic carbocycles. The fourth-order valence-corrected chi connectivity index (χ4v) is 5.00. The van der Waals surface area contributed by atoms with Gasteiger partial charge in [0.05, 0.1) is 5.56 Å². The summed E-state index contributed by atoms with van der Waals surface area (Å²) < 4.78 is 0.843. The number of carbonyl (C=O) groups is 2. The van der Waals surface area contributed by atoms with Gasteiger partial charge >= 0.3 is 5.97 Å². The highest BCUT2D eigenvalue weighted by Gasteiger charge is 2.48. The number of fused-ring (bicyclic) bond motifs is 2. The van der Waals surface area contributed by atoms with Crippen molar-refractivity contribution in [2.24, 2.45) is 5.92 Å². The van der Waals surface area contributed by atoms with Crippen LogP contribution in [-0.2, 0) is 4.79 Å². The molecule has 1 saturated carbocycles. The highest BCUT2D eigenvalue weighted by atomic mass is 79.9. The van der Waals surface area contributed by atoms with Crippen LogP contribution in [0, 0.1) is 5.92 Å². The number of carboxylic acids is 1. The molecule has 2 aromatic rings. The maximum atomic E-state index is 13.3. The van der Waals surface area contributed by atoms with E-state index in [1.807, 2.05) is 18.2 Å². The number of hydrogen-bond acceptors (Lipinski definition) is 2. The van der Waals surface area contributed by atoms with Crippen LogP contribution < -0.4 is 0 Å². The number of H-pyrrole nitrogens is 1. The van der Waals surface area contributed by atoms with E-state index in [0.29, 0.717) is 17.9 Å². The van der Waals surface area contributed by atoms with Gasteiger partial charge in [-0.15, -0.1) is 0 Å². The molecule has 2 fully saturated rings. The summed E-state index contributed by atoms with van der Waals surface area (Å²) in [5, 5.41) is 10.5. The lowest BCUT2D eigenvalue weighted by Crippen LogP contribution is -2.46. The molecule has 2 heterocycles. The van der Waals surface area contributed by atoms with E-state index >= 15 is 0 Å². The summed E-state index contributed by atoms with van der Waals surface area (Å²) in [6.07, 6.45) is 6.41. The molecule has 126 valence electrons. The fourth-order valence-electron chi connectivity index (χ4n) is 4.42. The van der Waals surface area contributed by atoms with Crippen molar-refractivity contribution in [2.75, 3.05) is 0 Å². The number of aliphatic carboxylic acids is 1. The van der Waals surface area contributed by atoms with Crippen LogP contribution in [0.1, 0.15) is 42.5 Å². The van der Waals surface area contributed by atoms with Crippen molar-refractivity contribution >= 4 is 38.7 Å². The Kier molecular flexibility index (Phi) is 3.87. The molecule has 1 amide bonds. The van der Waals surface area contributed by atoms with Crippen molar-refractivity contribution in [2.45, 2.75) is 44.2 Å². The Morgan fingerprint density at radius 2 is 2.04 bits per heavy atom. The lowest BCUT2D eigenvalue weighted by molar-refractivity contribution is -0.141. The monoisotopic (exact) mass is 390 g/mol. The Labute approximate surface area is 148 Å². The van der Waals surface area contributed by atoms with Gasteiger partial charge in [0, 0.05) is 27.6 Å². The first-order valence-corrected chi connectivity index (χ1v) is 9.18. The molecule has 0 radical (unpaired) electrons. The van der Waals surface area contributed by atoms with Crippen LogP contribution >= 0.6 is 15.9 Å². The number of carboxylic acid groups (broad SMARTS) is 1. The number of hydrogen-bond donors (Lipinski definition) is 2. The minimum absolute atomic E-state index is 0.0554. The Morgan fingerprint density at radius 3 is 2.83 bits per heavy atom. The summed E-state index contributed by atoms with van der Waals surface area (Å²) in [7, 11) is 0. The third kappa shape index (κ3) is 2.35. The normalized spacial score (nSPS) is 26.5. The number of amides is 1. The molecule has 1 aromatic carbocycles. The first kappa shape index (κ1) is 15.7. The number of aromatic nitrogens is 1. The third-order valence-electron chi connectivity index (χ3n) is 5.49. The van der Waals surface area contributed by atoms with Crippen molar-refractivity contribution in [1.82, 2.24) is 9.88 Å². The van der Waals surface area contributed by atoms with Crippen LogP contribution in [-0.4, -0.2) is 39.0 Å². The summed E-state index contributed by atoms with van der Waals surface area (Å²) in [4.78, 5) is 29.8. The molecule has 1 aliphatic heterocycles. The number of halogens is 1. The van der Waals surface area contributed by atoms with Crippen LogP contribution in [0.15, 0.2) is 28.9 Å². The summed E-state index contributed by atoms with van der Waals surface area (Å²) in [5.41, 5.74) is 1.42. The lowest BCUT2D eigenvalue weighted by atomic mass is 9.84. The van der Waals surface area contributed by atoms with Gasteiger partial charge in [-0.05, 0) is 37.3 Å². The van der Waals surface area contributed by atoms with Crippen LogP contribution in [0.3, 0.4) is 0 Å². The molecule has 1 saturated heterocycles. The number of likely N-dealkylation sites (tertiary alicyclic amines) is 1. The average Bonchev–Trinajstić information content (AvgIpc) is 3.16. The number of aromatic amines is 1. The molecular formula is C18H19BrN2O3. The second kappa shape index (κ2) is 5.92. The Bertz CT molecular complexity index is 816. The molecule has 5 nitrogen and oxygen atoms in total. The zero-order valence-corrected chi connectivity index (χ0v) is 14.8. The Balaban J connectivity index is 1.77. The molecule has 3 atom stereocenters. The van der Waals surface area contributed by atoms with Crippen LogP contribution in [0.2, 0.25) is 0 Å². The predicted octanol–water partition coefficient (Wildman–Crippen LogP) is 3.79. The highest BCUT2D eigenvalue weighted by Crippen LogP contribution is 2.41. The Morgan fingerprint density at radius 1 is 1.25 bits per heavy atom. The number of nitrogens with one attached hydrogen (secondary N) is 1. The molecule has 2 N–H and O–H groups in total. The molecule has 1 aromatic heterocycles. The minimum Gasteiger partial charge on any atom is -0.480 e. The predicted molar refractivity (Wildman–Crippen MR) is 94.0 cm³/mol. The number of nitrogens with zero attached hydrogens (tertiary/aromatic N) is 1. The van der Waals surface area contributed by atoms with E-state index in [1.165, 1.54) is 0 Å². The summed E-state index contributed by atoms with van der Waals surface area (Å²) in [6, 6.07) is 5.07. The van der Waals surface area contributed by atoms with Crippen molar-refractivity contribution < 1.29 is 14.7 Å². The standard InChI is InChI=1S/C18H19BrN2O3/c19-12-5-3-6-13-16(12)11(9-20-13)17(22)21-14-7-2-1-4-10(14)8-15(21)18(23)24/h3,5-6,9-10,14-15,20H,1-2,4,7-8H2,(H,23,24). The molecule has 0 bridgehead atoms. The first-order valence-electron chi connectivity index (χ1n) is 8.39. The summed E-state index contributed by atoms with van der Waals surface area (Å²) in [5.74, 6) is -0.746. The van der Waals surface area contributed by atoms with Gasteiger partial charge in [-0.3, -0.25) is 4.79 Å². The first-order chi connectivity index (χ1) is 11.6. The van der Waals surface area contributed by atoms with Gasteiger partial charge in [0.1, 0.15) is 6.04 Å². The van der Waals surface area contributed by atoms with E-state index in [2.05, 4.69) is 20.9 Å². The van der Waals surface area contributed by atoms with Gasteiger partial charge in [-0.25, -0.2) is 4.79 Å². The largest absolute Gasteiger partial charge is 0.480 e. The molecule has 3 unspecified atom stereocenters. The lowest BCUT2D eigenvalue weighted by Gasteiger charge is -2.33. The molecule has 2 aliphatic rings. The molecule has 0 spiro atoms. The summed E-state index contributed by atoms with van der Waals surface area (Å²) in [6.45, 7) is 0. The van der Waals surface area contributed by atoms with Crippen molar-refractivity contribution in [3.8, 4) is 0 Å². The van der Waals surface area contributed by atoms with Gasteiger partial charge in [0.2, 0.25) is 0 Å². The van der Waals surface area contributed by atoms with Crippen LogP contribution in [0.25, 0.3) is 10.9 Å². The van der Waals surface area contributed by atoms with Gasteiger partial charge in [-0.2, -0.15) is 0 Å². The third-order valence-corrected chi connectivity index (χ3v) is 6.15. The number of carbonyl (C=O) groups excluding carboxylic acids is 1. The van der Waals surface area contributed by atoms with E-state index in [0.717, 1.165) is 41.1 Å². The van der Waals surface area contributed by atoms with E-state index in [1.54, 1.807) is 11.1 Å². The minimum atomic E-state index is -0.892. The maximum Gasteiger partial charge on any atom is 0.326 e. The molecule has 4 rings (SSSR count). The average molecular weight is 391 g/mol. The van der Waals surface area contributed by atoms with E-state index < -0.39 is 12.0 Å². The smallest absolute Gasteiger partial charge is 0.326 e. The topological polar surface area (TPSA) is 73.4 Å². The summed E-state index contributed by atoms with van der Waals surface area (Å²) >= 11 is 3.51.